The van der Waals surface area contributed by atoms with E-state index in [1.807, 2.05) is 24.3 Å². The van der Waals surface area contributed by atoms with Crippen LogP contribution in [-0.2, 0) is 14.2 Å². The molecule has 3 aliphatic rings. The molecule has 1 N–H and O–H groups in total. The van der Waals surface area contributed by atoms with Gasteiger partial charge in [0.1, 0.15) is 12.2 Å². The van der Waals surface area contributed by atoms with Crippen LogP contribution in [0.4, 0.5) is 0 Å². The van der Waals surface area contributed by atoms with Crippen LogP contribution in [0.1, 0.15) is 31.4 Å². The minimum atomic E-state index is -1.36. The highest BCUT2D eigenvalue weighted by Gasteiger charge is 2.77. The van der Waals surface area contributed by atoms with Crippen LogP contribution < -0.4 is 9.47 Å². The molecule has 6 nitrogen and oxygen atoms in total. The van der Waals surface area contributed by atoms with E-state index in [1.54, 1.807) is 21.3 Å². The highest BCUT2D eigenvalue weighted by molar-refractivity contribution is 5.44. The number of hydrogen-bond acceptors (Lipinski definition) is 6. The van der Waals surface area contributed by atoms with Gasteiger partial charge in [0.15, 0.2) is 11.5 Å². The normalized spacial score (nSPS) is 42.2. The number of epoxide rings is 1. The van der Waals surface area contributed by atoms with Crippen molar-refractivity contribution in [2.24, 2.45) is 11.3 Å². The third kappa shape index (κ3) is 2.47. The fourth-order valence-corrected chi connectivity index (χ4v) is 5.19. The van der Waals surface area contributed by atoms with Gasteiger partial charge in [0, 0.05) is 12.5 Å². The fraction of sp³-hybridized carbons (Fsp3) is 0.619. The SMILES string of the molecule is C=CC[C@]12C[C@@H](OC)[C@H]3O[C@H]3[C@]1(O)O[C@@H](c1ccc(OC)c(OC)c1)[C@H]2C. The molecule has 0 bridgehead atoms. The van der Waals surface area contributed by atoms with E-state index in [0.29, 0.717) is 24.3 Å². The van der Waals surface area contributed by atoms with Gasteiger partial charge in [-0.1, -0.05) is 19.1 Å². The van der Waals surface area contributed by atoms with E-state index < -0.39 is 11.2 Å². The van der Waals surface area contributed by atoms with Crippen molar-refractivity contribution in [2.45, 2.75) is 50.0 Å². The molecule has 6 heteroatoms. The molecule has 27 heavy (non-hydrogen) atoms. The number of aliphatic hydroxyl groups is 1. The summed E-state index contributed by atoms with van der Waals surface area (Å²) in [6.07, 6.45) is 2.31. The van der Waals surface area contributed by atoms with Gasteiger partial charge in [-0.15, -0.1) is 6.58 Å². The maximum atomic E-state index is 11.6. The average molecular weight is 376 g/mol. The average Bonchev–Trinajstić information content (AvgIpc) is 3.45. The molecule has 3 fully saturated rings. The molecule has 1 aromatic carbocycles. The number of rotatable bonds is 6. The van der Waals surface area contributed by atoms with Crippen molar-refractivity contribution in [3.63, 3.8) is 0 Å². The Morgan fingerprint density at radius 2 is 2.00 bits per heavy atom. The maximum absolute atomic E-state index is 11.6. The van der Waals surface area contributed by atoms with Gasteiger partial charge in [-0.25, -0.2) is 0 Å². The Labute approximate surface area is 160 Å². The summed E-state index contributed by atoms with van der Waals surface area (Å²) >= 11 is 0. The van der Waals surface area contributed by atoms with Crippen LogP contribution in [-0.4, -0.2) is 50.5 Å². The molecule has 2 aliphatic heterocycles. The molecule has 148 valence electrons. The van der Waals surface area contributed by atoms with E-state index in [0.717, 1.165) is 5.56 Å². The summed E-state index contributed by atoms with van der Waals surface area (Å²) in [4.78, 5) is 0. The van der Waals surface area contributed by atoms with Gasteiger partial charge in [0.25, 0.3) is 0 Å². The van der Waals surface area contributed by atoms with Crippen molar-refractivity contribution in [1.29, 1.82) is 0 Å². The molecule has 1 aliphatic carbocycles. The third-order valence-corrected chi connectivity index (χ3v) is 6.74. The van der Waals surface area contributed by atoms with Crippen molar-refractivity contribution < 1.29 is 28.8 Å². The Morgan fingerprint density at radius 3 is 2.63 bits per heavy atom. The van der Waals surface area contributed by atoms with E-state index >= 15 is 0 Å². The van der Waals surface area contributed by atoms with Crippen LogP contribution >= 0.6 is 0 Å². The van der Waals surface area contributed by atoms with Crippen molar-refractivity contribution >= 4 is 0 Å². The fourth-order valence-electron chi connectivity index (χ4n) is 5.19. The first-order valence-electron chi connectivity index (χ1n) is 9.37. The Kier molecular flexibility index (Phi) is 4.50. The van der Waals surface area contributed by atoms with E-state index in [1.165, 1.54) is 0 Å². The van der Waals surface area contributed by atoms with Crippen LogP contribution in [0.5, 0.6) is 11.5 Å². The predicted molar refractivity (Wildman–Crippen MR) is 98.8 cm³/mol. The predicted octanol–water partition coefficient (Wildman–Crippen LogP) is 2.85. The standard InChI is InChI=1S/C21H28O6/c1-6-9-20-11-16(25-5)18-19(26-18)21(20,22)27-17(12(20)2)13-7-8-14(23-3)15(10-13)24-4/h6-8,10,12,16-19,22H,1,9,11H2,2-5H3/t12-,16-,17-,18-,19-,20-,21+/m1/s1. The lowest BCUT2D eigenvalue weighted by Crippen LogP contribution is -2.58. The second-order valence-electron chi connectivity index (χ2n) is 7.79. The second kappa shape index (κ2) is 6.48. The van der Waals surface area contributed by atoms with Crippen molar-refractivity contribution in [1.82, 2.24) is 0 Å². The summed E-state index contributed by atoms with van der Waals surface area (Å²) in [5, 5.41) is 11.6. The largest absolute Gasteiger partial charge is 0.493 e. The van der Waals surface area contributed by atoms with Crippen molar-refractivity contribution in [3.8, 4) is 11.5 Å². The Bertz CT molecular complexity index is 735. The zero-order valence-corrected chi connectivity index (χ0v) is 16.3. The van der Waals surface area contributed by atoms with Gasteiger partial charge < -0.3 is 28.8 Å². The van der Waals surface area contributed by atoms with E-state index in [-0.39, 0.29) is 30.3 Å². The zero-order chi connectivity index (χ0) is 19.4. The molecule has 0 aromatic heterocycles. The van der Waals surface area contributed by atoms with Crippen molar-refractivity contribution in [3.05, 3.63) is 36.4 Å². The summed E-state index contributed by atoms with van der Waals surface area (Å²) in [6, 6.07) is 5.75. The van der Waals surface area contributed by atoms with Gasteiger partial charge in [-0.3, -0.25) is 0 Å². The second-order valence-corrected chi connectivity index (χ2v) is 7.79. The lowest BCUT2D eigenvalue weighted by Gasteiger charge is -2.46. The summed E-state index contributed by atoms with van der Waals surface area (Å²) in [5.41, 5.74) is 0.419. The lowest BCUT2D eigenvalue weighted by molar-refractivity contribution is -0.264. The van der Waals surface area contributed by atoms with Crippen LogP contribution in [0.15, 0.2) is 30.9 Å². The molecule has 0 spiro atoms. The quantitative estimate of drug-likeness (QED) is 0.608. The summed E-state index contributed by atoms with van der Waals surface area (Å²) in [6.45, 7) is 6.05. The number of allylic oxidation sites excluding steroid dienone is 1. The molecule has 0 unspecified atom stereocenters. The minimum absolute atomic E-state index is 0.0291. The topological polar surface area (TPSA) is 69.7 Å². The lowest BCUT2D eigenvalue weighted by atomic mass is 9.60. The number of methoxy groups -OCH3 is 3. The van der Waals surface area contributed by atoms with E-state index in [2.05, 4.69) is 13.5 Å². The number of fused-ring (bicyclic) bond motifs is 3. The number of ether oxygens (including phenoxy) is 5. The van der Waals surface area contributed by atoms with E-state index in [4.69, 9.17) is 23.7 Å². The smallest absolute Gasteiger partial charge is 0.202 e. The zero-order valence-electron chi connectivity index (χ0n) is 16.3. The van der Waals surface area contributed by atoms with Gasteiger partial charge in [0.05, 0.1) is 26.4 Å². The van der Waals surface area contributed by atoms with E-state index in [9.17, 15) is 5.11 Å². The van der Waals surface area contributed by atoms with Gasteiger partial charge in [0.2, 0.25) is 5.79 Å². The minimum Gasteiger partial charge on any atom is -0.493 e. The molecule has 1 aromatic rings. The monoisotopic (exact) mass is 376 g/mol. The number of benzene rings is 1. The molecule has 1 saturated carbocycles. The Morgan fingerprint density at radius 1 is 1.26 bits per heavy atom. The molecule has 4 rings (SSSR count). The molecule has 0 radical (unpaired) electrons. The summed E-state index contributed by atoms with van der Waals surface area (Å²) < 4.78 is 28.6. The first-order valence-corrected chi connectivity index (χ1v) is 9.37. The maximum Gasteiger partial charge on any atom is 0.202 e. The third-order valence-electron chi connectivity index (χ3n) is 6.74. The first kappa shape index (κ1) is 18.7. The Balaban J connectivity index is 1.75. The van der Waals surface area contributed by atoms with Crippen molar-refractivity contribution in [2.75, 3.05) is 21.3 Å². The molecule has 7 atom stereocenters. The number of hydrogen-bond donors (Lipinski definition) is 1. The van der Waals surface area contributed by atoms with Gasteiger partial charge >= 0.3 is 0 Å². The molecular weight excluding hydrogens is 348 g/mol. The first-order chi connectivity index (χ1) is 13.0. The molecule has 2 heterocycles. The van der Waals surface area contributed by atoms with Crippen LogP contribution in [0.3, 0.4) is 0 Å². The summed E-state index contributed by atoms with van der Waals surface area (Å²) in [5.74, 6) is -0.0333. The highest BCUT2D eigenvalue weighted by atomic mass is 16.7. The highest BCUT2D eigenvalue weighted by Crippen LogP contribution is 2.67. The van der Waals surface area contributed by atoms with Crippen LogP contribution in [0, 0.1) is 11.3 Å². The summed E-state index contributed by atoms with van der Waals surface area (Å²) in [7, 11) is 4.92. The molecule has 0 amide bonds. The Hall–Kier alpha value is -1.60. The molecule has 2 saturated heterocycles. The molecular formula is C21H28O6. The van der Waals surface area contributed by atoms with Gasteiger partial charge in [-0.05, 0) is 36.5 Å². The van der Waals surface area contributed by atoms with Crippen LogP contribution in [0.25, 0.3) is 0 Å². The van der Waals surface area contributed by atoms with Crippen LogP contribution in [0.2, 0.25) is 0 Å². The van der Waals surface area contributed by atoms with Gasteiger partial charge in [-0.2, -0.15) is 0 Å².